The highest BCUT2D eigenvalue weighted by atomic mass is 127. The number of hydrogen-bond acceptors (Lipinski definition) is 2. The maximum absolute atomic E-state index is 4.26. The van der Waals surface area contributed by atoms with Gasteiger partial charge >= 0.3 is 0 Å². The van der Waals surface area contributed by atoms with Crippen LogP contribution in [0.15, 0.2) is 29.3 Å². The minimum absolute atomic E-state index is 0. The predicted molar refractivity (Wildman–Crippen MR) is 109 cm³/mol. The van der Waals surface area contributed by atoms with Gasteiger partial charge in [0.15, 0.2) is 5.96 Å². The fraction of sp³-hybridized carbons (Fsp3) is 0.588. The van der Waals surface area contributed by atoms with Crippen LogP contribution in [0.2, 0.25) is 0 Å². The SMILES string of the molecule is CCCCCCNC(=NC)NCc1cccc(N(C)C)c1.I. The van der Waals surface area contributed by atoms with Crippen molar-refractivity contribution in [3.8, 4) is 0 Å². The Balaban J connectivity index is 0.00000441. The lowest BCUT2D eigenvalue weighted by Crippen LogP contribution is -2.37. The molecule has 126 valence electrons. The zero-order valence-corrected chi connectivity index (χ0v) is 16.7. The van der Waals surface area contributed by atoms with E-state index in [0.29, 0.717) is 0 Å². The molecule has 1 rings (SSSR count). The van der Waals surface area contributed by atoms with Crippen molar-refractivity contribution >= 4 is 35.6 Å². The van der Waals surface area contributed by atoms with Crippen molar-refractivity contribution in [3.63, 3.8) is 0 Å². The highest BCUT2D eigenvalue weighted by Crippen LogP contribution is 2.12. The molecule has 2 N–H and O–H groups in total. The molecule has 0 aromatic heterocycles. The van der Waals surface area contributed by atoms with Crippen LogP contribution in [0.1, 0.15) is 38.2 Å². The molecule has 0 heterocycles. The molecular weight excluding hydrogens is 387 g/mol. The maximum Gasteiger partial charge on any atom is 0.191 e. The molecule has 0 aliphatic rings. The summed E-state index contributed by atoms with van der Waals surface area (Å²) in [4.78, 5) is 6.38. The number of aliphatic imine (C=N–C) groups is 1. The molecular formula is C17H31IN4. The Bertz CT molecular complexity index is 432. The number of unbranched alkanes of at least 4 members (excludes halogenated alkanes) is 3. The Morgan fingerprint density at radius 2 is 1.91 bits per heavy atom. The van der Waals surface area contributed by atoms with Crippen LogP contribution in [-0.4, -0.2) is 33.6 Å². The standard InChI is InChI=1S/C17H30N4.HI/c1-5-6-7-8-12-19-17(18-2)20-14-15-10-9-11-16(13-15)21(3)4;/h9-11,13H,5-8,12,14H2,1-4H3,(H2,18,19,20);1H. The van der Waals surface area contributed by atoms with Gasteiger partial charge in [-0.3, -0.25) is 4.99 Å². The minimum atomic E-state index is 0. The highest BCUT2D eigenvalue weighted by molar-refractivity contribution is 14.0. The van der Waals surface area contributed by atoms with Gasteiger partial charge in [0.25, 0.3) is 0 Å². The first-order chi connectivity index (χ1) is 10.2. The number of anilines is 1. The molecule has 0 fully saturated rings. The summed E-state index contributed by atoms with van der Waals surface area (Å²) in [5.74, 6) is 0.877. The molecule has 0 radical (unpaired) electrons. The van der Waals surface area contributed by atoms with Crippen molar-refractivity contribution in [2.24, 2.45) is 4.99 Å². The summed E-state index contributed by atoms with van der Waals surface area (Å²) in [5, 5.41) is 6.73. The third-order valence-corrected chi connectivity index (χ3v) is 3.43. The molecule has 0 unspecified atom stereocenters. The fourth-order valence-corrected chi connectivity index (χ4v) is 2.11. The van der Waals surface area contributed by atoms with Gasteiger partial charge in [-0.05, 0) is 24.1 Å². The quantitative estimate of drug-likeness (QED) is 0.293. The van der Waals surface area contributed by atoms with Crippen molar-refractivity contribution in [1.82, 2.24) is 10.6 Å². The number of hydrogen-bond donors (Lipinski definition) is 2. The van der Waals surface area contributed by atoms with E-state index >= 15 is 0 Å². The van der Waals surface area contributed by atoms with Crippen LogP contribution < -0.4 is 15.5 Å². The largest absolute Gasteiger partial charge is 0.378 e. The van der Waals surface area contributed by atoms with Crippen LogP contribution in [-0.2, 0) is 6.54 Å². The molecule has 0 atom stereocenters. The smallest absolute Gasteiger partial charge is 0.191 e. The van der Waals surface area contributed by atoms with Gasteiger partial charge in [0.05, 0.1) is 0 Å². The Morgan fingerprint density at radius 1 is 1.14 bits per heavy atom. The molecule has 0 spiro atoms. The Hall–Kier alpha value is -0.980. The summed E-state index contributed by atoms with van der Waals surface area (Å²) in [5.41, 5.74) is 2.48. The highest BCUT2D eigenvalue weighted by Gasteiger charge is 2.00. The molecule has 1 aromatic carbocycles. The van der Waals surface area contributed by atoms with Crippen LogP contribution in [0.4, 0.5) is 5.69 Å². The molecule has 0 saturated heterocycles. The average Bonchev–Trinajstić information content (AvgIpc) is 2.50. The Labute approximate surface area is 152 Å². The van der Waals surface area contributed by atoms with E-state index in [9.17, 15) is 0 Å². The van der Waals surface area contributed by atoms with E-state index in [4.69, 9.17) is 0 Å². The minimum Gasteiger partial charge on any atom is -0.378 e. The second-order valence-electron chi connectivity index (χ2n) is 5.48. The van der Waals surface area contributed by atoms with E-state index in [2.05, 4.69) is 65.8 Å². The number of nitrogens with one attached hydrogen (secondary N) is 2. The van der Waals surface area contributed by atoms with Crippen LogP contribution in [0.25, 0.3) is 0 Å². The first-order valence-corrected chi connectivity index (χ1v) is 7.88. The summed E-state index contributed by atoms with van der Waals surface area (Å²) in [6.45, 7) is 4.00. The first kappa shape index (κ1) is 21.0. The molecule has 0 bridgehead atoms. The van der Waals surface area contributed by atoms with E-state index in [1.807, 2.05) is 7.05 Å². The zero-order valence-electron chi connectivity index (χ0n) is 14.4. The van der Waals surface area contributed by atoms with Crippen molar-refractivity contribution in [3.05, 3.63) is 29.8 Å². The van der Waals surface area contributed by atoms with Crippen molar-refractivity contribution < 1.29 is 0 Å². The summed E-state index contributed by atoms with van der Waals surface area (Å²) < 4.78 is 0. The summed E-state index contributed by atoms with van der Waals surface area (Å²) in [7, 11) is 5.93. The number of guanidine groups is 1. The van der Waals surface area contributed by atoms with Crippen molar-refractivity contribution in [1.29, 1.82) is 0 Å². The third-order valence-electron chi connectivity index (χ3n) is 3.43. The summed E-state index contributed by atoms with van der Waals surface area (Å²) in [6.07, 6.45) is 5.07. The number of rotatable bonds is 8. The monoisotopic (exact) mass is 418 g/mol. The molecule has 0 saturated carbocycles. The number of halogens is 1. The van der Waals surface area contributed by atoms with Crippen molar-refractivity contribution in [2.45, 2.75) is 39.2 Å². The van der Waals surface area contributed by atoms with Crippen LogP contribution in [0.5, 0.6) is 0 Å². The Kier molecular flexibility index (Phi) is 12.0. The van der Waals surface area contributed by atoms with Gasteiger partial charge in [-0.1, -0.05) is 38.3 Å². The lowest BCUT2D eigenvalue weighted by molar-refractivity contribution is 0.647. The maximum atomic E-state index is 4.26. The molecule has 0 amide bonds. The third kappa shape index (κ3) is 8.46. The van der Waals surface area contributed by atoms with E-state index in [1.165, 1.54) is 36.9 Å². The summed E-state index contributed by atoms with van der Waals surface area (Å²) in [6, 6.07) is 8.54. The zero-order chi connectivity index (χ0) is 15.5. The van der Waals surface area contributed by atoms with Gasteiger partial charge in [-0.15, -0.1) is 24.0 Å². The molecule has 5 heteroatoms. The number of benzene rings is 1. The fourth-order valence-electron chi connectivity index (χ4n) is 2.11. The van der Waals surface area contributed by atoms with E-state index in [1.54, 1.807) is 0 Å². The van der Waals surface area contributed by atoms with E-state index in [-0.39, 0.29) is 24.0 Å². The first-order valence-electron chi connectivity index (χ1n) is 7.88. The molecule has 0 aliphatic heterocycles. The molecule has 22 heavy (non-hydrogen) atoms. The van der Waals surface area contributed by atoms with Gasteiger partial charge in [-0.25, -0.2) is 0 Å². The van der Waals surface area contributed by atoms with E-state index in [0.717, 1.165) is 19.0 Å². The van der Waals surface area contributed by atoms with Gasteiger partial charge in [0.1, 0.15) is 0 Å². The lowest BCUT2D eigenvalue weighted by atomic mass is 10.2. The summed E-state index contributed by atoms with van der Waals surface area (Å²) >= 11 is 0. The lowest BCUT2D eigenvalue weighted by Gasteiger charge is -2.15. The van der Waals surface area contributed by atoms with Gasteiger partial charge in [-0.2, -0.15) is 0 Å². The van der Waals surface area contributed by atoms with E-state index < -0.39 is 0 Å². The normalized spacial score (nSPS) is 10.8. The Morgan fingerprint density at radius 3 is 2.55 bits per heavy atom. The molecule has 1 aromatic rings. The molecule has 4 nitrogen and oxygen atoms in total. The van der Waals surface area contributed by atoms with Gasteiger partial charge < -0.3 is 15.5 Å². The van der Waals surface area contributed by atoms with Crippen LogP contribution in [0, 0.1) is 0 Å². The predicted octanol–water partition coefficient (Wildman–Crippen LogP) is 3.62. The second-order valence-corrected chi connectivity index (χ2v) is 5.48. The number of nitrogens with zero attached hydrogens (tertiary/aromatic N) is 2. The molecule has 0 aliphatic carbocycles. The van der Waals surface area contributed by atoms with Crippen LogP contribution in [0.3, 0.4) is 0 Å². The van der Waals surface area contributed by atoms with Gasteiger partial charge in [0, 0.05) is 39.9 Å². The topological polar surface area (TPSA) is 39.7 Å². The van der Waals surface area contributed by atoms with Crippen LogP contribution >= 0.6 is 24.0 Å². The second kappa shape index (κ2) is 12.6. The average molecular weight is 418 g/mol. The van der Waals surface area contributed by atoms with Crippen molar-refractivity contribution in [2.75, 3.05) is 32.6 Å². The van der Waals surface area contributed by atoms with Gasteiger partial charge in [0.2, 0.25) is 0 Å².